The lowest BCUT2D eigenvalue weighted by molar-refractivity contribution is 0.0572. The first kappa shape index (κ1) is 12.3. The van der Waals surface area contributed by atoms with Gasteiger partial charge in [0.25, 0.3) is 5.56 Å². The smallest absolute Gasteiger partial charge is 0.271 e. The Morgan fingerprint density at radius 1 is 1.26 bits per heavy atom. The Kier molecular flexibility index (Phi) is 3.06. The Hall–Kier alpha value is -1.76. The molecule has 1 aliphatic heterocycles. The molecule has 3 N–H and O–H groups in total. The molecule has 2 atom stereocenters. The van der Waals surface area contributed by atoms with E-state index >= 15 is 0 Å². The highest BCUT2D eigenvalue weighted by molar-refractivity contribution is 5.73. The van der Waals surface area contributed by atoms with Crippen LogP contribution < -0.4 is 5.56 Å². The Morgan fingerprint density at radius 3 is 2.68 bits per heavy atom. The molecule has 1 aromatic carbocycles. The lowest BCUT2D eigenvalue weighted by atomic mass is 10.3. The summed E-state index contributed by atoms with van der Waals surface area (Å²) in [6, 6.07) is 7.34. The van der Waals surface area contributed by atoms with E-state index in [9.17, 15) is 15.0 Å². The maximum Gasteiger partial charge on any atom is 0.271 e. The van der Waals surface area contributed by atoms with E-state index in [1.165, 1.54) is 0 Å². The van der Waals surface area contributed by atoms with Crippen LogP contribution in [0.5, 0.6) is 0 Å². The number of aliphatic hydroxyl groups is 2. The van der Waals surface area contributed by atoms with Crippen LogP contribution in [0.2, 0.25) is 0 Å². The molecule has 1 saturated heterocycles. The van der Waals surface area contributed by atoms with Crippen LogP contribution in [0.15, 0.2) is 29.1 Å². The zero-order valence-electron chi connectivity index (χ0n) is 10.3. The molecule has 0 saturated carbocycles. The molecule has 1 aliphatic rings. The highest BCUT2D eigenvalue weighted by Crippen LogP contribution is 2.13. The molecule has 0 bridgehead atoms. The molecule has 0 aliphatic carbocycles. The molecule has 1 fully saturated rings. The number of aliphatic hydroxyl groups excluding tert-OH is 2. The number of nitrogens with one attached hydrogen (secondary N) is 1. The number of fused-ring (bicyclic) bond motifs is 1. The van der Waals surface area contributed by atoms with Gasteiger partial charge in [-0.3, -0.25) is 9.69 Å². The van der Waals surface area contributed by atoms with Gasteiger partial charge in [-0.05, 0) is 12.1 Å². The summed E-state index contributed by atoms with van der Waals surface area (Å²) in [5, 5.41) is 19.0. The molecule has 0 spiro atoms. The maximum absolute atomic E-state index is 11.9. The summed E-state index contributed by atoms with van der Waals surface area (Å²) < 4.78 is 0. The van der Waals surface area contributed by atoms with Crippen LogP contribution in [0.1, 0.15) is 5.69 Å². The number of nitrogens with zero attached hydrogens (tertiary/aromatic N) is 2. The van der Waals surface area contributed by atoms with Crippen molar-refractivity contribution >= 4 is 11.0 Å². The molecule has 1 aromatic heterocycles. The summed E-state index contributed by atoms with van der Waals surface area (Å²) in [6.45, 7) is 1.04. The van der Waals surface area contributed by atoms with E-state index in [1.807, 2.05) is 23.1 Å². The average Bonchev–Trinajstić information content (AvgIpc) is 2.69. The zero-order chi connectivity index (χ0) is 13.4. The summed E-state index contributed by atoms with van der Waals surface area (Å²) in [6.07, 6.45) is -1.50. The predicted octanol–water partition coefficient (Wildman–Crippen LogP) is -0.540. The molecule has 2 heterocycles. The summed E-state index contributed by atoms with van der Waals surface area (Å²) in [5.41, 5.74) is 1.62. The molecule has 0 unspecified atom stereocenters. The first-order valence-electron chi connectivity index (χ1n) is 6.20. The predicted molar refractivity (Wildman–Crippen MR) is 69.7 cm³/mol. The number of benzene rings is 1. The van der Waals surface area contributed by atoms with Crippen LogP contribution in [0, 0.1) is 0 Å². The number of H-pyrrole nitrogens is 1. The molecular formula is C13H15N3O3. The van der Waals surface area contributed by atoms with Crippen molar-refractivity contribution in [2.75, 3.05) is 13.1 Å². The number of rotatable bonds is 2. The number of para-hydroxylation sites is 2. The minimum atomic E-state index is -0.750. The fraction of sp³-hybridized carbons (Fsp3) is 0.385. The van der Waals surface area contributed by atoms with Gasteiger partial charge in [-0.2, -0.15) is 0 Å². The number of hydrogen-bond acceptors (Lipinski definition) is 5. The molecule has 0 radical (unpaired) electrons. The highest BCUT2D eigenvalue weighted by Gasteiger charge is 2.30. The third kappa shape index (κ3) is 2.37. The second-order valence-electron chi connectivity index (χ2n) is 4.86. The second kappa shape index (κ2) is 4.73. The Balaban J connectivity index is 1.89. The van der Waals surface area contributed by atoms with Crippen LogP contribution in [-0.2, 0) is 6.54 Å². The number of β-amino-alcohol motifs (C(OH)–C–C–N with tert-alkyl or cyclic N) is 2. The largest absolute Gasteiger partial charge is 0.389 e. The van der Waals surface area contributed by atoms with Gasteiger partial charge in [-0.1, -0.05) is 12.1 Å². The van der Waals surface area contributed by atoms with E-state index in [1.54, 1.807) is 6.07 Å². The molecule has 6 heteroatoms. The van der Waals surface area contributed by atoms with Crippen LogP contribution in [0.3, 0.4) is 0 Å². The summed E-state index contributed by atoms with van der Waals surface area (Å²) >= 11 is 0. The topological polar surface area (TPSA) is 89.5 Å². The van der Waals surface area contributed by atoms with Gasteiger partial charge in [-0.15, -0.1) is 0 Å². The highest BCUT2D eigenvalue weighted by atomic mass is 16.3. The van der Waals surface area contributed by atoms with Crippen LogP contribution in [-0.4, -0.2) is 50.4 Å². The first-order valence-corrected chi connectivity index (χ1v) is 6.20. The van der Waals surface area contributed by atoms with Crippen LogP contribution >= 0.6 is 0 Å². The van der Waals surface area contributed by atoms with E-state index in [0.717, 1.165) is 5.52 Å². The molecule has 6 nitrogen and oxygen atoms in total. The minimum absolute atomic E-state index is 0.227. The quantitative estimate of drug-likeness (QED) is 0.675. The number of likely N-dealkylation sites (tertiary alicyclic amines) is 1. The molecular weight excluding hydrogens is 246 g/mol. The van der Waals surface area contributed by atoms with Gasteiger partial charge < -0.3 is 15.2 Å². The van der Waals surface area contributed by atoms with E-state index in [4.69, 9.17) is 0 Å². The summed E-state index contributed by atoms with van der Waals surface area (Å²) in [5.74, 6) is 0. The normalized spacial score (nSPS) is 24.1. The standard InChI is InChI=1S/C13H15N3O3/c17-11-6-16(7-12(11)18)5-10-13(19)15-9-4-2-1-3-8(9)14-10/h1-4,11-12,17-18H,5-7H2,(H,15,19)/t11-,12+. The third-order valence-electron chi connectivity index (χ3n) is 3.38. The number of aromatic nitrogens is 2. The SMILES string of the molecule is O=c1[nH]c2ccccc2nc1CN1C[C@@H](O)[C@@H](O)C1. The summed E-state index contributed by atoms with van der Waals surface area (Å²) in [7, 11) is 0. The van der Waals surface area contributed by atoms with Crippen molar-refractivity contribution in [3.05, 3.63) is 40.3 Å². The van der Waals surface area contributed by atoms with Crippen LogP contribution in [0.4, 0.5) is 0 Å². The second-order valence-corrected chi connectivity index (χ2v) is 4.86. The van der Waals surface area contributed by atoms with Crippen molar-refractivity contribution in [3.8, 4) is 0 Å². The van der Waals surface area contributed by atoms with E-state index in [-0.39, 0.29) is 5.56 Å². The number of hydrogen-bond donors (Lipinski definition) is 3. The Labute approximate surface area is 109 Å². The van der Waals surface area contributed by atoms with Crippen molar-refractivity contribution in [2.24, 2.45) is 0 Å². The van der Waals surface area contributed by atoms with E-state index < -0.39 is 12.2 Å². The van der Waals surface area contributed by atoms with Crippen molar-refractivity contribution in [1.82, 2.24) is 14.9 Å². The van der Waals surface area contributed by atoms with Crippen molar-refractivity contribution in [3.63, 3.8) is 0 Å². The van der Waals surface area contributed by atoms with Gasteiger partial charge in [0.2, 0.25) is 0 Å². The third-order valence-corrected chi connectivity index (χ3v) is 3.38. The van der Waals surface area contributed by atoms with Crippen molar-refractivity contribution in [2.45, 2.75) is 18.8 Å². The lowest BCUT2D eigenvalue weighted by Gasteiger charge is -2.13. The molecule has 100 valence electrons. The summed E-state index contributed by atoms with van der Waals surface area (Å²) in [4.78, 5) is 20.9. The van der Waals surface area contributed by atoms with Crippen LogP contribution in [0.25, 0.3) is 11.0 Å². The zero-order valence-corrected chi connectivity index (χ0v) is 10.3. The molecule has 0 amide bonds. The van der Waals surface area contributed by atoms with E-state index in [2.05, 4.69) is 9.97 Å². The molecule has 3 rings (SSSR count). The lowest BCUT2D eigenvalue weighted by Crippen LogP contribution is -2.27. The van der Waals surface area contributed by atoms with Gasteiger partial charge in [-0.25, -0.2) is 4.98 Å². The van der Waals surface area contributed by atoms with Gasteiger partial charge in [0.05, 0.1) is 23.2 Å². The Morgan fingerprint density at radius 2 is 1.95 bits per heavy atom. The first-order chi connectivity index (χ1) is 9.13. The monoisotopic (exact) mass is 261 g/mol. The van der Waals surface area contributed by atoms with Gasteiger partial charge in [0.15, 0.2) is 0 Å². The Bertz CT molecular complexity index is 645. The van der Waals surface area contributed by atoms with Gasteiger partial charge in [0.1, 0.15) is 5.69 Å². The fourth-order valence-electron chi connectivity index (χ4n) is 2.36. The van der Waals surface area contributed by atoms with E-state index in [0.29, 0.717) is 30.8 Å². The molecule has 2 aromatic rings. The van der Waals surface area contributed by atoms with Gasteiger partial charge in [0, 0.05) is 19.6 Å². The minimum Gasteiger partial charge on any atom is -0.389 e. The van der Waals surface area contributed by atoms with Gasteiger partial charge >= 0.3 is 0 Å². The molecule has 19 heavy (non-hydrogen) atoms. The number of aromatic amines is 1. The maximum atomic E-state index is 11.9. The fourth-order valence-corrected chi connectivity index (χ4v) is 2.36. The van der Waals surface area contributed by atoms with Crippen molar-refractivity contribution in [1.29, 1.82) is 0 Å². The van der Waals surface area contributed by atoms with Crippen molar-refractivity contribution < 1.29 is 10.2 Å². The average molecular weight is 261 g/mol.